The Kier molecular flexibility index (Phi) is 3.55. The second-order valence-electron chi connectivity index (χ2n) is 5.60. The van der Waals surface area contributed by atoms with Crippen LogP contribution in [0.2, 0.25) is 0 Å². The molecule has 0 amide bonds. The van der Waals surface area contributed by atoms with Crippen molar-refractivity contribution < 1.29 is 4.92 Å². The van der Waals surface area contributed by atoms with Crippen LogP contribution in [0, 0.1) is 10.1 Å². The summed E-state index contributed by atoms with van der Waals surface area (Å²) < 4.78 is 1.72. The highest BCUT2D eigenvalue weighted by Gasteiger charge is 2.25. The van der Waals surface area contributed by atoms with Crippen molar-refractivity contribution in [3.63, 3.8) is 0 Å². The Labute approximate surface area is 138 Å². The zero-order chi connectivity index (χ0) is 16.5. The number of pyridine rings is 1. The Balaban J connectivity index is 1.95. The van der Waals surface area contributed by atoms with E-state index in [4.69, 9.17) is 5.10 Å². The molecule has 24 heavy (non-hydrogen) atoms. The SMILES string of the molecule is O=[N+]([O-])c1ccccc1-n1nc(-c2cccnc2)c2c1CCNC2. The van der Waals surface area contributed by atoms with Crippen LogP contribution < -0.4 is 5.32 Å². The van der Waals surface area contributed by atoms with Crippen LogP contribution in [0.4, 0.5) is 5.69 Å². The van der Waals surface area contributed by atoms with Crippen molar-refractivity contribution in [2.75, 3.05) is 6.54 Å². The van der Waals surface area contributed by atoms with E-state index < -0.39 is 0 Å². The van der Waals surface area contributed by atoms with E-state index in [9.17, 15) is 10.1 Å². The fourth-order valence-electron chi connectivity index (χ4n) is 3.08. The molecule has 120 valence electrons. The van der Waals surface area contributed by atoms with E-state index in [1.165, 1.54) is 6.07 Å². The molecule has 0 saturated carbocycles. The number of fused-ring (bicyclic) bond motifs is 1. The molecule has 7 heteroatoms. The molecule has 0 spiro atoms. The number of nitro benzene ring substituents is 1. The van der Waals surface area contributed by atoms with Crippen LogP contribution >= 0.6 is 0 Å². The molecule has 0 saturated heterocycles. The summed E-state index contributed by atoms with van der Waals surface area (Å²) in [5.41, 5.74) is 4.38. The molecule has 7 nitrogen and oxygen atoms in total. The lowest BCUT2D eigenvalue weighted by Crippen LogP contribution is -2.24. The van der Waals surface area contributed by atoms with Crippen molar-refractivity contribution in [1.29, 1.82) is 0 Å². The number of hydrogen-bond acceptors (Lipinski definition) is 5. The Hall–Kier alpha value is -3.06. The molecule has 1 aromatic carbocycles. The Morgan fingerprint density at radius 1 is 1.21 bits per heavy atom. The molecule has 0 radical (unpaired) electrons. The lowest BCUT2D eigenvalue weighted by molar-refractivity contribution is -0.384. The van der Waals surface area contributed by atoms with Crippen LogP contribution in [0.15, 0.2) is 48.8 Å². The molecule has 0 unspecified atom stereocenters. The maximum absolute atomic E-state index is 11.4. The van der Waals surface area contributed by atoms with Gasteiger partial charge in [0.1, 0.15) is 5.69 Å². The van der Waals surface area contributed by atoms with E-state index in [-0.39, 0.29) is 10.6 Å². The molecule has 1 aliphatic rings. The van der Waals surface area contributed by atoms with Gasteiger partial charge in [-0.25, -0.2) is 4.68 Å². The first-order valence-corrected chi connectivity index (χ1v) is 7.71. The number of nitro groups is 1. The first-order chi connectivity index (χ1) is 11.8. The largest absolute Gasteiger partial charge is 0.312 e. The minimum atomic E-state index is -0.367. The van der Waals surface area contributed by atoms with E-state index >= 15 is 0 Å². The number of nitrogens with one attached hydrogen (secondary N) is 1. The maximum atomic E-state index is 11.4. The summed E-state index contributed by atoms with van der Waals surface area (Å²) in [5.74, 6) is 0. The second kappa shape index (κ2) is 5.86. The number of hydrogen-bond donors (Lipinski definition) is 1. The molecule has 0 bridgehead atoms. The Bertz CT molecular complexity index is 905. The van der Waals surface area contributed by atoms with E-state index in [0.29, 0.717) is 12.2 Å². The first-order valence-electron chi connectivity index (χ1n) is 7.71. The summed E-state index contributed by atoms with van der Waals surface area (Å²) in [6.07, 6.45) is 4.25. The van der Waals surface area contributed by atoms with Crippen LogP contribution in [-0.2, 0) is 13.0 Å². The second-order valence-corrected chi connectivity index (χ2v) is 5.60. The summed E-state index contributed by atoms with van der Waals surface area (Å²) in [5, 5.41) is 19.4. The highest BCUT2D eigenvalue weighted by molar-refractivity contribution is 5.65. The van der Waals surface area contributed by atoms with Crippen molar-refractivity contribution in [3.05, 3.63) is 70.2 Å². The van der Waals surface area contributed by atoms with Gasteiger partial charge >= 0.3 is 0 Å². The van der Waals surface area contributed by atoms with Crippen molar-refractivity contribution in [3.8, 4) is 16.9 Å². The van der Waals surface area contributed by atoms with Gasteiger partial charge in [0.2, 0.25) is 0 Å². The summed E-state index contributed by atoms with van der Waals surface area (Å²) in [6, 6.07) is 10.5. The number of para-hydroxylation sites is 2. The number of benzene rings is 1. The quantitative estimate of drug-likeness (QED) is 0.591. The molecule has 0 fully saturated rings. The molecule has 4 rings (SSSR count). The average Bonchev–Trinajstić information content (AvgIpc) is 3.02. The van der Waals surface area contributed by atoms with Crippen molar-refractivity contribution in [1.82, 2.24) is 20.1 Å². The van der Waals surface area contributed by atoms with Gasteiger partial charge in [-0.15, -0.1) is 0 Å². The number of aromatic nitrogens is 3. The fourth-order valence-corrected chi connectivity index (χ4v) is 3.08. The van der Waals surface area contributed by atoms with Gasteiger partial charge in [0.25, 0.3) is 5.69 Å². The number of rotatable bonds is 3. The summed E-state index contributed by atoms with van der Waals surface area (Å²) in [7, 11) is 0. The van der Waals surface area contributed by atoms with Gasteiger partial charge in [0.15, 0.2) is 0 Å². The van der Waals surface area contributed by atoms with Crippen LogP contribution in [0.1, 0.15) is 11.3 Å². The Morgan fingerprint density at radius 3 is 2.88 bits per heavy atom. The van der Waals surface area contributed by atoms with Gasteiger partial charge in [-0.2, -0.15) is 5.10 Å². The lowest BCUT2D eigenvalue weighted by Gasteiger charge is -2.15. The fraction of sp³-hybridized carbons (Fsp3) is 0.176. The standard InChI is InChI=1S/C17H15N5O2/c23-22(24)16-6-2-1-5-15(16)21-14-7-9-19-11-13(14)17(20-21)12-4-3-8-18-10-12/h1-6,8,10,19H,7,9,11H2. The molecule has 0 atom stereocenters. The molecule has 3 heterocycles. The van der Waals surface area contributed by atoms with Crippen molar-refractivity contribution in [2.45, 2.75) is 13.0 Å². The summed E-state index contributed by atoms with van der Waals surface area (Å²) in [6.45, 7) is 1.52. The molecule has 2 aromatic heterocycles. The predicted molar refractivity (Wildman–Crippen MR) is 88.9 cm³/mol. The molecular weight excluding hydrogens is 306 g/mol. The Morgan fingerprint density at radius 2 is 2.08 bits per heavy atom. The van der Waals surface area contributed by atoms with Gasteiger partial charge in [0.05, 0.1) is 16.3 Å². The molecule has 1 N–H and O–H groups in total. The highest BCUT2D eigenvalue weighted by Crippen LogP contribution is 2.31. The van der Waals surface area contributed by atoms with Crippen LogP contribution in [0.3, 0.4) is 0 Å². The van der Waals surface area contributed by atoms with Crippen molar-refractivity contribution in [2.24, 2.45) is 0 Å². The maximum Gasteiger partial charge on any atom is 0.294 e. The summed E-state index contributed by atoms with van der Waals surface area (Å²) in [4.78, 5) is 15.2. The average molecular weight is 321 g/mol. The third-order valence-electron chi connectivity index (χ3n) is 4.17. The smallest absolute Gasteiger partial charge is 0.294 e. The van der Waals surface area contributed by atoms with Gasteiger partial charge in [-0.3, -0.25) is 15.1 Å². The van der Waals surface area contributed by atoms with E-state index in [2.05, 4.69) is 10.3 Å². The number of nitrogens with zero attached hydrogens (tertiary/aromatic N) is 4. The van der Waals surface area contributed by atoms with Gasteiger partial charge in [0, 0.05) is 49.1 Å². The van der Waals surface area contributed by atoms with Gasteiger partial charge < -0.3 is 5.32 Å². The molecule has 3 aromatic rings. The molecular formula is C17H15N5O2. The topological polar surface area (TPSA) is 85.9 Å². The highest BCUT2D eigenvalue weighted by atomic mass is 16.6. The molecule has 1 aliphatic heterocycles. The van der Waals surface area contributed by atoms with Crippen LogP contribution in [-0.4, -0.2) is 26.2 Å². The normalized spacial score (nSPS) is 13.5. The van der Waals surface area contributed by atoms with Gasteiger partial charge in [-0.05, 0) is 18.2 Å². The zero-order valence-electron chi connectivity index (χ0n) is 12.8. The van der Waals surface area contributed by atoms with Gasteiger partial charge in [-0.1, -0.05) is 12.1 Å². The predicted octanol–water partition coefficient (Wildman–Crippen LogP) is 2.49. The minimum absolute atomic E-state index is 0.0547. The van der Waals surface area contributed by atoms with Crippen LogP contribution in [0.25, 0.3) is 16.9 Å². The van der Waals surface area contributed by atoms with Crippen molar-refractivity contribution >= 4 is 5.69 Å². The van der Waals surface area contributed by atoms with Crippen LogP contribution in [0.5, 0.6) is 0 Å². The monoisotopic (exact) mass is 321 g/mol. The van der Waals surface area contributed by atoms with E-state index in [1.54, 1.807) is 35.3 Å². The molecule has 0 aliphatic carbocycles. The third-order valence-corrected chi connectivity index (χ3v) is 4.17. The first kappa shape index (κ1) is 14.5. The minimum Gasteiger partial charge on any atom is -0.312 e. The van der Waals surface area contributed by atoms with E-state index in [1.807, 2.05) is 12.1 Å². The van der Waals surface area contributed by atoms with E-state index in [0.717, 1.165) is 35.5 Å². The summed E-state index contributed by atoms with van der Waals surface area (Å²) >= 11 is 0. The lowest BCUT2D eigenvalue weighted by atomic mass is 10.0. The third kappa shape index (κ3) is 2.35. The zero-order valence-corrected chi connectivity index (χ0v) is 12.8.